The number of benzene rings is 1. The number of sulfonamides is 1. The van der Waals surface area contributed by atoms with Gasteiger partial charge in [-0.25, -0.2) is 13.1 Å². The fourth-order valence-electron chi connectivity index (χ4n) is 3.47. The van der Waals surface area contributed by atoms with E-state index in [1.54, 1.807) is 12.1 Å². The van der Waals surface area contributed by atoms with Gasteiger partial charge in [0.05, 0.1) is 12.3 Å². The van der Waals surface area contributed by atoms with Gasteiger partial charge in [-0.3, -0.25) is 9.88 Å². The molecule has 7 heteroatoms. The summed E-state index contributed by atoms with van der Waals surface area (Å²) in [6.07, 6.45) is 3.77. The summed E-state index contributed by atoms with van der Waals surface area (Å²) in [5, 5.41) is 0. The summed E-state index contributed by atoms with van der Waals surface area (Å²) >= 11 is 0. The van der Waals surface area contributed by atoms with Gasteiger partial charge >= 0.3 is 0 Å². The second kappa shape index (κ2) is 9.49. The molecule has 1 N–H and O–H groups in total. The van der Waals surface area contributed by atoms with Crippen LogP contribution in [0.5, 0.6) is 5.75 Å². The Morgan fingerprint density at radius 1 is 1.21 bits per heavy atom. The Hall–Kier alpha value is -1.96. The number of pyridine rings is 1. The fourth-order valence-corrected chi connectivity index (χ4v) is 4.82. The van der Waals surface area contributed by atoms with Crippen LogP contribution in [-0.2, 0) is 16.6 Å². The molecule has 1 aliphatic rings. The standard InChI is InChI=1S/C21H29N3O3S/c1-3-27-20-8-7-17(2)14-21(20)28(25,26)23-15-18-9-12-24(13-10-18)16-19-6-4-5-11-22-19/h4-8,11,14,18,23H,3,9-10,12-13,15-16H2,1-2H3. The summed E-state index contributed by atoms with van der Waals surface area (Å²) < 4.78 is 33.9. The molecular weight excluding hydrogens is 374 g/mol. The molecule has 1 aliphatic heterocycles. The van der Waals surface area contributed by atoms with Crippen molar-refractivity contribution >= 4 is 10.0 Å². The summed E-state index contributed by atoms with van der Waals surface area (Å²) in [7, 11) is -3.60. The van der Waals surface area contributed by atoms with Crippen molar-refractivity contribution in [2.45, 2.75) is 38.1 Å². The van der Waals surface area contributed by atoms with Crippen molar-refractivity contribution in [3.63, 3.8) is 0 Å². The topological polar surface area (TPSA) is 71.5 Å². The zero-order chi connectivity index (χ0) is 20.0. The Morgan fingerprint density at radius 2 is 2.00 bits per heavy atom. The molecule has 0 spiro atoms. The number of hydrogen-bond acceptors (Lipinski definition) is 5. The molecule has 6 nitrogen and oxygen atoms in total. The molecule has 0 amide bonds. The molecule has 152 valence electrons. The van der Waals surface area contributed by atoms with Crippen LogP contribution in [0.15, 0.2) is 47.5 Å². The first-order chi connectivity index (χ1) is 13.5. The second-order valence-corrected chi connectivity index (χ2v) is 9.01. The molecule has 0 radical (unpaired) electrons. The van der Waals surface area contributed by atoms with Gasteiger partial charge < -0.3 is 4.74 Å². The molecule has 0 saturated carbocycles. The first-order valence-corrected chi connectivity index (χ1v) is 11.3. The van der Waals surface area contributed by atoms with Gasteiger partial charge in [0.25, 0.3) is 0 Å². The highest BCUT2D eigenvalue weighted by atomic mass is 32.2. The number of aromatic nitrogens is 1. The minimum absolute atomic E-state index is 0.224. The molecule has 0 bridgehead atoms. The van der Waals surface area contributed by atoms with Gasteiger partial charge in [-0.05, 0) is 75.5 Å². The average molecular weight is 404 g/mol. The number of likely N-dealkylation sites (tertiary alicyclic amines) is 1. The second-order valence-electron chi connectivity index (χ2n) is 7.28. The van der Waals surface area contributed by atoms with Crippen molar-refractivity contribution in [1.82, 2.24) is 14.6 Å². The maximum atomic E-state index is 12.8. The molecule has 28 heavy (non-hydrogen) atoms. The number of nitrogens with one attached hydrogen (secondary N) is 1. The van der Waals surface area contributed by atoms with Gasteiger partial charge in [0.1, 0.15) is 10.6 Å². The lowest BCUT2D eigenvalue weighted by molar-refractivity contribution is 0.177. The fraction of sp³-hybridized carbons (Fsp3) is 0.476. The molecule has 3 rings (SSSR count). The monoisotopic (exact) mass is 403 g/mol. The Labute approximate surface area is 168 Å². The predicted octanol–water partition coefficient (Wildman–Crippen LogP) is 2.98. The summed E-state index contributed by atoms with van der Waals surface area (Å²) in [6.45, 7) is 7.38. The zero-order valence-corrected chi connectivity index (χ0v) is 17.4. The highest BCUT2D eigenvalue weighted by Crippen LogP contribution is 2.26. The van der Waals surface area contributed by atoms with Gasteiger partial charge in [-0.15, -0.1) is 0 Å². The largest absolute Gasteiger partial charge is 0.492 e. The average Bonchev–Trinajstić information content (AvgIpc) is 2.70. The Balaban J connectivity index is 1.54. The number of nitrogens with zero attached hydrogens (tertiary/aromatic N) is 2. The van der Waals surface area contributed by atoms with Crippen LogP contribution >= 0.6 is 0 Å². The van der Waals surface area contributed by atoms with E-state index >= 15 is 0 Å². The molecule has 2 heterocycles. The minimum atomic E-state index is -3.60. The van der Waals surface area contributed by atoms with Crippen molar-refractivity contribution in [2.24, 2.45) is 5.92 Å². The van der Waals surface area contributed by atoms with Crippen molar-refractivity contribution in [3.05, 3.63) is 53.9 Å². The van der Waals surface area contributed by atoms with E-state index in [1.807, 2.05) is 44.3 Å². The Bertz CT molecular complexity index is 864. The molecule has 1 aromatic heterocycles. The first kappa shape index (κ1) is 20.8. The molecule has 2 aromatic rings. The van der Waals surface area contributed by atoms with Gasteiger partial charge in [0, 0.05) is 19.3 Å². The molecule has 1 saturated heterocycles. The van der Waals surface area contributed by atoms with Crippen molar-refractivity contribution in [2.75, 3.05) is 26.2 Å². The number of piperidine rings is 1. The van der Waals surface area contributed by atoms with Gasteiger partial charge in [0.2, 0.25) is 10.0 Å². The van der Waals surface area contributed by atoms with Crippen molar-refractivity contribution < 1.29 is 13.2 Å². The molecule has 1 aromatic carbocycles. The van der Waals surface area contributed by atoms with Crippen molar-refractivity contribution in [3.8, 4) is 5.75 Å². The van der Waals surface area contributed by atoms with E-state index in [0.29, 0.717) is 24.8 Å². The quantitative estimate of drug-likeness (QED) is 0.734. The van der Waals surface area contributed by atoms with Crippen LogP contribution in [0.1, 0.15) is 31.0 Å². The van der Waals surface area contributed by atoms with Crippen LogP contribution in [0.4, 0.5) is 0 Å². The maximum absolute atomic E-state index is 12.8. The third-order valence-corrected chi connectivity index (χ3v) is 6.51. The summed E-state index contributed by atoms with van der Waals surface area (Å²) in [5.41, 5.74) is 1.97. The van der Waals surface area contributed by atoms with Crippen molar-refractivity contribution in [1.29, 1.82) is 0 Å². The van der Waals surface area contributed by atoms with Crippen LogP contribution in [0, 0.1) is 12.8 Å². The van der Waals surface area contributed by atoms with Crippen LogP contribution in [-0.4, -0.2) is 44.5 Å². The first-order valence-electron chi connectivity index (χ1n) is 9.83. The zero-order valence-electron chi connectivity index (χ0n) is 16.6. The van der Waals surface area contributed by atoms with E-state index in [9.17, 15) is 8.42 Å². The smallest absolute Gasteiger partial charge is 0.244 e. The normalized spacial score (nSPS) is 16.2. The highest BCUT2D eigenvalue weighted by Gasteiger charge is 2.24. The van der Waals surface area contributed by atoms with E-state index < -0.39 is 10.0 Å². The summed E-state index contributed by atoms with van der Waals surface area (Å²) in [6, 6.07) is 11.2. The van der Waals surface area contributed by atoms with E-state index in [4.69, 9.17) is 4.74 Å². The lowest BCUT2D eigenvalue weighted by Crippen LogP contribution is -2.38. The molecule has 1 fully saturated rings. The van der Waals surface area contributed by atoms with E-state index in [2.05, 4.69) is 14.6 Å². The Kier molecular flexibility index (Phi) is 7.04. The lowest BCUT2D eigenvalue weighted by Gasteiger charge is -2.31. The molecule has 0 aliphatic carbocycles. The number of rotatable bonds is 8. The molecule has 0 unspecified atom stereocenters. The third kappa shape index (κ3) is 5.53. The van der Waals surface area contributed by atoms with Gasteiger partial charge in [-0.2, -0.15) is 0 Å². The highest BCUT2D eigenvalue weighted by molar-refractivity contribution is 7.89. The van der Waals surface area contributed by atoms with E-state index in [-0.39, 0.29) is 4.90 Å². The summed E-state index contributed by atoms with van der Waals surface area (Å²) in [5.74, 6) is 0.751. The minimum Gasteiger partial charge on any atom is -0.492 e. The lowest BCUT2D eigenvalue weighted by atomic mass is 9.97. The van der Waals surface area contributed by atoms with Gasteiger partial charge in [-0.1, -0.05) is 12.1 Å². The van der Waals surface area contributed by atoms with Crippen LogP contribution in [0.2, 0.25) is 0 Å². The summed E-state index contributed by atoms with van der Waals surface area (Å²) in [4.78, 5) is 6.98. The third-order valence-electron chi connectivity index (χ3n) is 5.07. The SMILES string of the molecule is CCOc1ccc(C)cc1S(=O)(=O)NCC1CCN(Cc2ccccn2)CC1. The molecular formula is C21H29N3O3S. The van der Waals surface area contributed by atoms with Gasteiger partial charge in [0.15, 0.2) is 0 Å². The number of ether oxygens (including phenoxy) is 1. The number of aryl methyl sites for hydroxylation is 1. The Morgan fingerprint density at radius 3 is 2.68 bits per heavy atom. The maximum Gasteiger partial charge on any atom is 0.244 e. The van der Waals surface area contributed by atoms with E-state index in [1.165, 1.54) is 0 Å². The van der Waals surface area contributed by atoms with Crippen LogP contribution in [0.25, 0.3) is 0 Å². The van der Waals surface area contributed by atoms with Crippen LogP contribution < -0.4 is 9.46 Å². The predicted molar refractivity (Wildman–Crippen MR) is 110 cm³/mol. The van der Waals surface area contributed by atoms with E-state index in [0.717, 1.165) is 43.7 Å². The molecule has 0 atom stereocenters. The van der Waals surface area contributed by atoms with Crippen LogP contribution in [0.3, 0.4) is 0 Å². The number of hydrogen-bond donors (Lipinski definition) is 1.